The molecule has 0 radical (unpaired) electrons. The molecule has 7 nitrogen and oxygen atoms in total. The van der Waals surface area contributed by atoms with E-state index in [0.717, 1.165) is 92.9 Å². The molecular formula is C33H38F2N4O3. The highest BCUT2D eigenvalue weighted by Crippen LogP contribution is 2.58. The van der Waals surface area contributed by atoms with Gasteiger partial charge in [0.2, 0.25) is 17.7 Å². The van der Waals surface area contributed by atoms with Gasteiger partial charge < -0.3 is 13.9 Å². The standard InChI is InChI=1S/C33H38F2N4O3/c34-33(35)10-8-23(9-11-33)29(40)39(25-3-1-2-24(18-25)27-19-26(37-41-27)21-4-5-21)20-31-12-15-32(16-13-31,17-14-31)30-36-28(38-42-30)22-6-7-22/h1-3,18-19,21-23H,4-17,20H2. The van der Waals surface area contributed by atoms with E-state index in [2.05, 4.69) is 10.3 Å². The quantitative estimate of drug-likeness (QED) is 0.271. The van der Waals surface area contributed by atoms with Crippen LogP contribution in [0.3, 0.4) is 0 Å². The highest BCUT2D eigenvalue weighted by atomic mass is 19.3. The molecule has 42 heavy (non-hydrogen) atoms. The van der Waals surface area contributed by atoms with Gasteiger partial charge in [0, 0.05) is 59.9 Å². The SMILES string of the molecule is O=C(C1CCC(F)(F)CC1)N(CC12CCC(c3nc(C4CC4)no3)(CC1)CC2)c1cccc(-c2cc(C3CC3)no2)c1. The lowest BCUT2D eigenvalue weighted by atomic mass is 9.53. The first-order valence-electron chi connectivity index (χ1n) is 15.9. The molecule has 2 bridgehead atoms. The third-order valence-corrected chi connectivity index (χ3v) is 11.0. The molecule has 9 rings (SSSR count). The van der Waals surface area contributed by atoms with Gasteiger partial charge in [0.05, 0.1) is 5.69 Å². The van der Waals surface area contributed by atoms with Gasteiger partial charge in [-0.15, -0.1) is 0 Å². The molecule has 1 amide bonds. The van der Waals surface area contributed by atoms with E-state index >= 15 is 0 Å². The smallest absolute Gasteiger partial charge is 0.248 e. The first-order chi connectivity index (χ1) is 20.3. The van der Waals surface area contributed by atoms with E-state index in [-0.39, 0.29) is 48.3 Å². The molecule has 6 saturated carbocycles. The molecule has 0 aliphatic heterocycles. The van der Waals surface area contributed by atoms with Crippen LogP contribution in [0.25, 0.3) is 11.3 Å². The van der Waals surface area contributed by atoms with E-state index in [1.54, 1.807) is 0 Å². The summed E-state index contributed by atoms with van der Waals surface area (Å²) in [7, 11) is 0. The Hall–Kier alpha value is -3.10. The van der Waals surface area contributed by atoms with Crippen LogP contribution in [0.15, 0.2) is 39.4 Å². The van der Waals surface area contributed by atoms with Crippen molar-refractivity contribution in [2.75, 3.05) is 11.4 Å². The molecule has 222 valence electrons. The van der Waals surface area contributed by atoms with E-state index in [9.17, 15) is 13.6 Å². The maximum atomic E-state index is 14.2. The summed E-state index contributed by atoms with van der Waals surface area (Å²) in [6, 6.07) is 9.94. The largest absolute Gasteiger partial charge is 0.356 e. The number of carbonyl (C=O) groups is 1. The number of rotatable bonds is 8. The average Bonchev–Trinajstić information content (AvgIpc) is 3.95. The number of halogens is 2. The van der Waals surface area contributed by atoms with E-state index < -0.39 is 5.92 Å². The Morgan fingerprint density at radius 2 is 1.57 bits per heavy atom. The molecule has 6 fully saturated rings. The van der Waals surface area contributed by atoms with Gasteiger partial charge in [0.1, 0.15) is 0 Å². The van der Waals surface area contributed by atoms with Crippen LogP contribution in [0.1, 0.15) is 119 Å². The minimum absolute atomic E-state index is 0.0171. The van der Waals surface area contributed by atoms with Crippen LogP contribution in [-0.2, 0) is 10.2 Å². The van der Waals surface area contributed by atoms with Gasteiger partial charge in [0.25, 0.3) is 0 Å². The van der Waals surface area contributed by atoms with Crippen molar-refractivity contribution in [3.63, 3.8) is 0 Å². The third kappa shape index (κ3) is 4.86. The van der Waals surface area contributed by atoms with E-state index in [4.69, 9.17) is 14.0 Å². The Kier molecular flexibility index (Phi) is 6.13. The topological polar surface area (TPSA) is 85.3 Å². The maximum absolute atomic E-state index is 14.2. The van der Waals surface area contributed by atoms with Crippen LogP contribution < -0.4 is 4.90 Å². The summed E-state index contributed by atoms with van der Waals surface area (Å²) in [6.45, 7) is 0.596. The predicted molar refractivity (Wildman–Crippen MR) is 151 cm³/mol. The Balaban J connectivity index is 1.06. The summed E-state index contributed by atoms with van der Waals surface area (Å²) >= 11 is 0. The lowest BCUT2D eigenvalue weighted by Crippen LogP contribution is -2.52. The van der Waals surface area contributed by atoms with Crippen molar-refractivity contribution < 1.29 is 22.6 Å². The lowest BCUT2D eigenvalue weighted by molar-refractivity contribution is -0.127. The molecule has 2 aromatic heterocycles. The second-order valence-electron chi connectivity index (χ2n) is 14.0. The number of benzene rings is 1. The Morgan fingerprint density at radius 3 is 2.26 bits per heavy atom. The van der Waals surface area contributed by atoms with Crippen molar-refractivity contribution in [3.8, 4) is 11.3 Å². The van der Waals surface area contributed by atoms with Gasteiger partial charge in [-0.1, -0.05) is 22.4 Å². The second kappa shape index (κ2) is 9.71. The molecule has 0 saturated heterocycles. The number of anilines is 1. The molecule has 6 aliphatic rings. The number of hydrogen-bond donors (Lipinski definition) is 0. The van der Waals surface area contributed by atoms with Crippen molar-refractivity contribution in [2.45, 2.75) is 113 Å². The lowest BCUT2D eigenvalue weighted by Gasteiger charge is -2.53. The van der Waals surface area contributed by atoms with Crippen molar-refractivity contribution in [1.29, 1.82) is 0 Å². The van der Waals surface area contributed by atoms with E-state index in [1.165, 1.54) is 0 Å². The average molecular weight is 577 g/mol. The first-order valence-corrected chi connectivity index (χ1v) is 15.9. The molecule has 0 unspecified atom stereocenters. The summed E-state index contributed by atoms with van der Waals surface area (Å²) in [4.78, 5) is 20.9. The zero-order valence-electron chi connectivity index (χ0n) is 24.0. The molecule has 0 N–H and O–H groups in total. The number of hydrogen-bond acceptors (Lipinski definition) is 6. The molecular weight excluding hydrogens is 538 g/mol. The van der Waals surface area contributed by atoms with Crippen LogP contribution in [0.4, 0.5) is 14.5 Å². The summed E-state index contributed by atoms with van der Waals surface area (Å²) in [5, 5.41) is 8.57. The van der Waals surface area contributed by atoms with Gasteiger partial charge in [0.15, 0.2) is 11.6 Å². The van der Waals surface area contributed by atoms with Crippen molar-refractivity contribution >= 4 is 11.6 Å². The molecule has 9 heteroatoms. The minimum Gasteiger partial charge on any atom is -0.356 e. The fraction of sp³-hybridized carbons (Fsp3) is 0.636. The van der Waals surface area contributed by atoms with Gasteiger partial charge >= 0.3 is 0 Å². The molecule has 2 heterocycles. The molecule has 3 aromatic rings. The molecule has 6 aliphatic carbocycles. The van der Waals surface area contributed by atoms with Crippen molar-refractivity contribution in [2.24, 2.45) is 11.3 Å². The first kappa shape index (κ1) is 26.5. The number of nitrogens with zero attached hydrogens (tertiary/aromatic N) is 4. The number of alkyl halides is 2. The Morgan fingerprint density at radius 1 is 0.857 bits per heavy atom. The summed E-state index contributed by atoms with van der Waals surface area (Å²) in [5.41, 5.74) is 2.60. The summed E-state index contributed by atoms with van der Waals surface area (Å²) in [5.74, 6) is 0.250. The van der Waals surface area contributed by atoms with Crippen LogP contribution in [0.2, 0.25) is 0 Å². The number of fused-ring (bicyclic) bond motifs is 3. The monoisotopic (exact) mass is 576 g/mol. The van der Waals surface area contributed by atoms with Gasteiger partial charge in [-0.05, 0) is 94.6 Å². The van der Waals surface area contributed by atoms with Crippen LogP contribution >= 0.6 is 0 Å². The molecule has 0 atom stereocenters. The zero-order chi connectivity index (χ0) is 28.5. The highest BCUT2D eigenvalue weighted by Gasteiger charge is 2.53. The Bertz CT molecular complexity index is 1450. The number of carbonyl (C=O) groups excluding carboxylic acids is 1. The van der Waals surface area contributed by atoms with E-state index in [0.29, 0.717) is 24.1 Å². The van der Waals surface area contributed by atoms with Gasteiger partial charge in [-0.25, -0.2) is 8.78 Å². The van der Waals surface area contributed by atoms with Crippen LogP contribution in [-0.4, -0.2) is 33.7 Å². The fourth-order valence-corrected chi connectivity index (χ4v) is 7.74. The second-order valence-corrected chi connectivity index (χ2v) is 14.0. The minimum atomic E-state index is -2.67. The fourth-order valence-electron chi connectivity index (χ4n) is 7.74. The predicted octanol–water partition coefficient (Wildman–Crippen LogP) is 7.93. The van der Waals surface area contributed by atoms with Gasteiger partial charge in [-0.3, -0.25) is 4.79 Å². The van der Waals surface area contributed by atoms with Crippen LogP contribution in [0.5, 0.6) is 0 Å². The maximum Gasteiger partial charge on any atom is 0.248 e. The number of amides is 1. The zero-order valence-corrected chi connectivity index (χ0v) is 24.0. The highest BCUT2D eigenvalue weighted by molar-refractivity contribution is 5.95. The summed E-state index contributed by atoms with van der Waals surface area (Å²) < 4.78 is 39.6. The molecule has 1 aromatic carbocycles. The Labute approximate surface area is 244 Å². The van der Waals surface area contributed by atoms with Gasteiger partial charge in [-0.2, -0.15) is 4.98 Å². The van der Waals surface area contributed by atoms with Crippen molar-refractivity contribution in [3.05, 3.63) is 47.7 Å². The van der Waals surface area contributed by atoms with E-state index in [1.807, 2.05) is 35.2 Å². The molecule has 0 spiro atoms. The van der Waals surface area contributed by atoms with Crippen molar-refractivity contribution in [1.82, 2.24) is 15.3 Å². The normalized spacial score (nSPS) is 29.1. The summed E-state index contributed by atoms with van der Waals surface area (Å²) in [6.07, 6.45) is 10.5. The van der Waals surface area contributed by atoms with Crippen LogP contribution in [0, 0.1) is 11.3 Å². The number of aromatic nitrogens is 3. The third-order valence-electron chi connectivity index (χ3n) is 11.0.